The maximum Gasteiger partial charge on any atom is 0.343 e. The normalized spacial score (nSPS) is 18.2. The number of fused-ring (bicyclic) bond motifs is 5. The number of rotatable bonds is 3. The average molecular weight is 492 g/mol. The second-order valence-electron chi connectivity index (χ2n) is 9.04. The molecule has 2 aliphatic rings. The molecular formula is C25H21FN4O6. The molecule has 11 heteroatoms. The van der Waals surface area contributed by atoms with Crippen molar-refractivity contribution in [2.24, 2.45) is 7.05 Å². The molecule has 2 N–H and O–H groups in total. The Balaban J connectivity index is 1.76. The van der Waals surface area contributed by atoms with E-state index in [2.05, 4.69) is 5.10 Å². The number of aryl methyl sites for hydroxylation is 1. The van der Waals surface area contributed by atoms with Gasteiger partial charge in [0.05, 0.1) is 46.9 Å². The third-order valence-corrected chi connectivity index (χ3v) is 7.11. The van der Waals surface area contributed by atoms with Gasteiger partial charge in [-0.1, -0.05) is 6.92 Å². The van der Waals surface area contributed by atoms with E-state index in [0.717, 1.165) is 6.07 Å². The molecular weight excluding hydrogens is 471 g/mol. The number of ether oxygens (including phenoxy) is 1. The number of aliphatic hydroxyl groups is 2. The SMILES string of the molecule is CC[C@@]1(O)C(=O)OCc2c1cc1n(c2=O)Cc2c-1c(=O)c1cc(F)ccc1n2-c1cn(C)nc1CO. The zero-order valence-electron chi connectivity index (χ0n) is 19.4. The number of hydrogen-bond donors (Lipinski definition) is 2. The summed E-state index contributed by atoms with van der Waals surface area (Å²) in [6, 6.07) is 5.32. The number of hydrogen-bond acceptors (Lipinski definition) is 7. The molecule has 1 aromatic carbocycles. The fourth-order valence-electron chi connectivity index (χ4n) is 5.33. The van der Waals surface area contributed by atoms with E-state index in [-0.39, 0.29) is 53.9 Å². The summed E-state index contributed by atoms with van der Waals surface area (Å²) in [4.78, 5) is 39.7. The predicted molar refractivity (Wildman–Crippen MR) is 125 cm³/mol. The van der Waals surface area contributed by atoms with Gasteiger partial charge in [0, 0.05) is 24.2 Å². The van der Waals surface area contributed by atoms with Crippen molar-refractivity contribution in [3.63, 3.8) is 0 Å². The van der Waals surface area contributed by atoms with Gasteiger partial charge in [-0.3, -0.25) is 14.3 Å². The zero-order valence-corrected chi connectivity index (χ0v) is 19.4. The summed E-state index contributed by atoms with van der Waals surface area (Å²) in [6.07, 6.45) is 1.63. The van der Waals surface area contributed by atoms with E-state index in [0.29, 0.717) is 22.6 Å². The van der Waals surface area contributed by atoms with Crippen molar-refractivity contribution in [2.45, 2.75) is 38.7 Å². The molecule has 3 aromatic heterocycles. The number of aliphatic hydroxyl groups excluding tert-OH is 1. The lowest BCUT2D eigenvalue weighted by Gasteiger charge is -2.31. The monoisotopic (exact) mass is 492 g/mol. The second kappa shape index (κ2) is 7.45. The van der Waals surface area contributed by atoms with Crippen molar-refractivity contribution in [3.05, 3.63) is 79.4 Å². The topological polar surface area (TPSA) is 129 Å². The zero-order chi connectivity index (χ0) is 25.5. The highest BCUT2D eigenvalue weighted by molar-refractivity contribution is 5.89. The van der Waals surface area contributed by atoms with Gasteiger partial charge < -0.3 is 24.1 Å². The molecule has 0 fully saturated rings. The fourth-order valence-corrected chi connectivity index (χ4v) is 5.33. The van der Waals surface area contributed by atoms with Crippen LogP contribution in [-0.2, 0) is 41.9 Å². The molecule has 0 amide bonds. The van der Waals surface area contributed by atoms with Crippen LogP contribution in [-0.4, -0.2) is 35.1 Å². The van der Waals surface area contributed by atoms with E-state index in [1.165, 1.54) is 27.4 Å². The maximum absolute atomic E-state index is 14.3. The number of esters is 1. The Kier molecular flexibility index (Phi) is 4.63. The summed E-state index contributed by atoms with van der Waals surface area (Å²) in [7, 11) is 1.68. The number of nitrogens with zero attached hydrogens (tertiary/aromatic N) is 4. The van der Waals surface area contributed by atoms with Crippen molar-refractivity contribution in [3.8, 4) is 16.9 Å². The van der Waals surface area contributed by atoms with Gasteiger partial charge in [-0.2, -0.15) is 5.10 Å². The standard InChI is InChI=1S/C25H21FN4O6/c1-3-25(35)15-7-18-21-20(9-29(18)23(33)14(15)11-36-24(25)34)30(19-8-28(2)27-16(19)10-31)17-5-4-12(26)6-13(17)22(21)32/h4-8,31,35H,3,9-11H2,1-2H3/t25-/m0/s1. The Labute approximate surface area is 202 Å². The van der Waals surface area contributed by atoms with E-state index in [9.17, 15) is 29.0 Å². The molecule has 1 atom stereocenters. The minimum atomic E-state index is -2.03. The van der Waals surface area contributed by atoms with Gasteiger partial charge >= 0.3 is 5.97 Å². The minimum absolute atomic E-state index is 0.00238. The molecule has 0 saturated carbocycles. The number of carbonyl (C=O) groups excluding carboxylic acids is 1. The summed E-state index contributed by atoms with van der Waals surface area (Å²) in [5.74, 6) is -1.47. The van der Waals surface area contributed by atoms with E-state index in [1.54, 1.807) is 24.7 Å². The summed E-state index contributed by atoms with van der Waals surface area (Å²) in [5, 5.41) is 25.4. The lowest BCUT2D eigenvalue weighted by atomic mass is 9.85. The third-order valence-electron chi connectivity index (χ3n) is 7.11. The quantitative estimate of drug-likeness (QED) is 0.362. The molecule has 36 heavy (non-hydrogen) atoms. The molecule has 2 aliphatic heterocycles. The number of cyclic esters (lactones) is 1. The van der Waals surface area contributed by atoms with E-state index >= 15 is 0 Å². The van der Waals surface area contributed by atoms with Crippen LogP contribution < -0.4 is 11.0 Å². The molecule has 0 bridgehead atoms. The molecule has 184 valence electrons. The molecule has 0 saturated heterocycles. The van der Waals surface area contributed by atoms with Gasteiger partial charge in [0.25, 0.3) is 5.56 Å². The predicted octanol–water partition coefficient (Wildman–Crippen LogP) is 1.20. The van der Waals surface area contributed by atoms with Gasteiger partial charge in [0.2, 0.25) is 0 Å². The minimum Gasteiger partial charge on any atom is -0.458 e. The number of carbonyl (C=O) groups is 1. The largest absolute Gasteiger partial charge is 0.458 e. The van der Waals surface area contributed by atoms with Gasteiger partial charge in [-0.15, -0.1) is 0 Å². The number of aromatic nitrogens is 4. The fraction of sp³-hybridized carbons (Fsp3) is 0.280. The summed E-state index contributed by atoms with van der Waals surface area (Å²) < 4.78 is 24.0. The highest BCUT2D eigenvalue weighted by atomic mass is 19.1. The molecule has 0 unspecified atom stereocenters. The van der Waals surface area contributed by atoms with E-state index < -0.39 is 28.4 Å². The van der Waals surface area contributed by atoms with Crippen LogP contribution in [0.25, 0.3) is 27.8 Å². The van der Waals surface area contributed by atoms with Crippen LogP contribution in [0.1, 0.15) is 35.9 Å². The van der Waals surface area contributed by atoms with Crippen LogP contribution >= 0.6 is 0 Å². The van der Waals surface area contributed by atoms with Crippen molar-refractivity contribution in [2.75, 3.05) is 0 Å². The molecule has 5 heterocycles. The van der Waals surface area contributed by atoms with E-state index in [4.69, 9.17) is 4.74 Å². The number of benzene rings is 1. The van der Waals surface area contributed by atoms with Crippen molar-refractivity contribution in [1.82, 2.24) is 18.9 Å². The van der Waals surface area contributed by atoms with Crippen LogP contribution in [0.2, 0.25) is 0 Å². The maximum atomic E-state index is 14.3. The molecule has 0 spiro atoms. The Morgan fingerprint density at radius 3 is 2.72 bits per heavy atom. The Bertz CT molecular complexity index is 1750. The molecule has 0 radical (unpaired) electrons. The first-order valence-electron chi connectivity index (χ1n) is 11.4. The first-order valence-corrected chi connectivity index (χ1v) is 11.4. The van der Waals surface area contributed by atoms with Crippen LogP contribution in [0.3, 0.4) is 0 Å². The van der Waals surface area contributed by atoms with Crippen molar-refractivity contribution < 1.29 is 24.1 Å². The first kappa shape index (κ1) is 22.4. The Morgan fingerprint density at radius 2 is 2.00 bits per heavy atom. The number of halogens is 1. The second-order valence-corrected chi connectivity index (χ2v) is 9.04. The molecule has 4 aromatic rings. The lowest BCUT2D eigenvalue weighted by molar-refractivity contribution is -0.172. The molecule has 6 rings (SSSR count). The molecule has 0 aliphatic carbocycles. The summed E-state index contributed by atoms with van der Waals surface area (Å²) >= 11 is 0. The lowest BCUT2D eigenvalue weighted by Crippen LogP contribution is -2.44. The summed E-state index contributed by atoms with van der Waals surface area (Å²) in [6.45, 7) is 0.916. The Hall–Kier alpha value is -4.09. The van der Waals surface area contributed by atoms with Crippen molar-refractivity contribution >= 4 is 16.9 Å². The first-order chi connectivity index (χ1) is 17.2. The van der Waals surface area contributed by atoms with Crippen LogP contribution in [0.4, 0.5) is 4.39 Å². The summed E-state index contributed by atoms with van der Waals surface area (Å²) in [5.41, 5.74) is -0.769. The van der Waals surface area contributed by atoms with Crippen molar-refractivity contribution in [1.29, 1.82) is 0 Å². The van der Waals surface area contributed by atoms with Gasteiger partial charge in [-0.25, -0.2) is 9.18 Å². The average Bonchev–Trinajstić information content (AvgIpc) is 3.43. The van der Waals surface area contributed by atoms with Gasteiger partial charge in [-0.05, 0) is 30.7 Å². The third kappa shape index (κ3) is 2.78. The van der Waals surface area contributed by atoms with Gasteiger partial charge in [0.15, 0.2) is 11.0 Å². The van der Waals surface area contributed by atoms with Crippen LogP contribution in [0.5, 0.6) is 0 Å². The van der Waals surface area contributed by atoms with E-state index in [1.807, 2.05) is 0 Å². The van der Waals surface area contributed by atoms with Crippen LogP contribution in [0.15, 0.2) is 40.1 Å². The highest BCUT2D eigenvalue weighted by Gasteiger charge is 2.45. The Morgan fingerprint density at radius 1 is 1.22 bits per heavy atom. The number of pyridine rings is 2. The van der Waals surface area contributed by atoms with Crippen LogP contribution in [0, 0.1) is 5.82 Å². The molecule has 10 nitrogen and oxygen atoms in total. The smallest absolute Gasteiger partial charge is 0.343 e. The highest BCUT2D eigenvalue weighted by Crippen LogP contribution is 2.39. The van der Waals surface area contributed by atoms with Gasteiger partial charge in [0.1, 0.15) is 18.1 Å².